The van der Waals surface area contributed by atoms with Gasteiger partial charge < -0.3 is 5.32 Å². The van der Waals surface area contributed by atoms with E-state index < -0.39 is 0 Å². The molecule has 3 rings (SSSR count). The fourth-order valence-electron chi connectivity index (χ4n) is 2.22. The Balaban J connectivity index is 1.65. The highest BCUT2D eigenvalue weighted by atomic mass is 32.1. The highest BCUT2D eigenvalue weighted by molar-refractivity contribution is 7.15. The summed E-state index contributed by atoms with van der Waals surface area (Å²) < 4.78 is 0. The maximum atomic E-state index is 4.77. The second kappa shape index (κ2) is 6.66. The van der Waals surface area contributed by atoms with Gasteiger partial charge in [0, 0.05) is 23.5 Å². The molecule has 3 aromatic rings. The Labute approximate surface area is 129 Å². The Morgan fingerprint density at radius 1 is 0.905 bits per heavy atom. The SMILES string of the molecule is Cc1sc(-c2ccccc2)nc1CNCc1ccccc1. The summed E-state index contributed by atoms with van der Waals surface area (Å²) in [6, 6.07) is 20.8. The lowest BCUT2D eigenvalue weighted by molar-refractivity contribution is 0.680. The number of nitrogens with zero attached hydrogens (tertiary/aromatic N) is 1. The van der Waals surface area contributed by atoms with E-state index in [1.54, 1.807) is 11.3 Å². The van der Waals surface area contributed by atoms with Gasteiger partial charge in [-0.05, 0) is 12.5 Å². The van der Waals surface area contributed by atoms with Crippen molar-refractivity contribution in [1.82, 2.24) is 10.3 Å². The molecule has 0 saturated heterocycles. The number of thiazole rings is 1. The van der Waals surface area contributed by atoms with Gasteiger partial charge in [-0.3, -0.25) is 0 Å². The summed E-state index contributed by atoms with van der Waals surface area (Å²) in [6.45, 7) is 3.83. The molecule has 0 fully saturated rings. The van der Waals surface area contributed by atoms with Crippen LogP contribution in [0.25, 0.3) is 10.6 Å². The highest BCUT2D eigenvalue weighted by Gasteiger charge is 2.08. The topological polar surface area (TPSA) is 24.9 Å². The zero-order valence-electron chi connectivity index (χ0n) is 12.0. The lowest BCUT2D eigenvalue weighted by Crippen LogP contribution is -2.13. The van der Waals surface area contributed by atoms with Gasteiger partial charge in [0.1, 0.15) is 5.01 Å². The van der Waals surface area contributed by atoms with Crippen molar-refractivity contribution in [3.8, 4) is 10.6 Å². The van der Waals surface area contributed by atoms with Crippen LogP contribution in [0, 0.1) is 6.92 Å². The Hall–Kier alpha value is -1.97. The molecule has 0 radical (unpaired) electrons. The van der Waals surface area contributed by atoms with Gasteiger partial charge in [0.15, 0.2) is 0 Å². The van der Waals surface area contributed by atoms with Crippen LogP contribution in [0.4, 0.5) is 0 Å². The van der Waals surface area contributed by atoms with Crippen LogP contribution in [-0.2, 0) is 13.1 Å². The second-order valence-corrected chi connectivity index (χ2v) is 6.18. The molecule has 0 unspecified atom stereocenters. The van der Waals surface area contributed by atoms with E-state index in [2.05, 4.69) is 60.8 Å². The minimum absolute atomic E-state index is 0.810. The van der Waals surface area contributed by atoms with Crippen molar-refractivity contribution in [2.24, 2.45) is 0 Å². The van der Waals surface area contributed by atoms with E-state index in [1.165, 1.54) is 16.0 Å². The van der Waals surface area contributed by atoms with Crippen molar-refractivity contribution < 1.29 is 0 Å². The maximum absolute atomic E-state index is 4.77. The zero-order valence-corrected chi connectivity index (χ0v) is 12.9. The number of hydrogen-bond donors (Lipinski definition) is 1. The summed E-state index contributed by atoms with van der Waals surface area (Å²) in [7, 11) is 0. The first-order valence-corrected chi connectivity index (χ1v) is 7.91. The number of nitrogens with one attached hydrogen (secondary N) is 1. The molecule has 21 heavy (non-hydrogen) atoms. The average molecular weight is 294 g/mol. The molecule has 106 valence electrons. The first kappa shape index (κ1) is 14.0. The number of benzene rings is 2. The summed E-state index contributed by atoms with van der Waals surface area (Å²) in [5.41, 5.74) is 3.64. The van der Waals surface area contributed by atoms with Crippen LogP contribution in [0.5, 0.6) is 0 Å². The molecule has 1 aromatic heterocycles. The third-order valence-corrected chi connectivity index (χ3v) is 4.44. The highest BCUT2D eigenvalue weighted by Crippen LogP contribution is 2.27. The molecule has 2 nitrogen and oxygen atoms in total. The predicted octanol–water partition coefficient (Wildman–Crippen LogP) is 4.41. The van der Waals surface area contributed by atoms with Crippen LogP contribution >= 0.6 is 11.3 Å². The number of hydrogen-bond acceptors (Lipinski definition) is 3. The van der Waals surface area contributed by atoms with E-state index >= 15 is 0 Å². The summed E-state index contributed by atoms with van der Waals surface area (Å²) in [6.07, 6.45) is 0. The largest absolute Gasteiger partial charge is 0.307 e. The van der Waals surface area contributed by atoms with Crippen molar-refractivity contribution in [3.63, 3.8) is 0 Å². The van der Waals surface area contributed by atoms with Gasteiger partial charge >= 0.3 is 0 Å². The second-order valence-electron chi connectivity index (χ2n) is 4.98. The quantitative estimate of drug-likeness (QED) is 0.754. The normalized spacial score (nSPS) is 10.7. The average Bonchev–Trinajstić information content (AvgIpc) is 2.91. The molecular formula is C18H18N2S. The van der Waals surface area contributed by atoms with E-state index in [4.69, 9.17) is 4.98 Å². The molecule has 0 bridgehead atoms. The molecule has 3 heteroatoms. The first-order chi connectivity index (χ1) is 10.3. The summed E-state index contributed by atoms with van der Waals surface area (Å²) in [5, 5.41) is 4.57. The molecule has 0 saturated carbocycles. The molecule has 0 amide bonds. The summed E-state index contributed by atoms with van der Waals surface area (Å²) in [5.74, 6) is 0. The van der Waals surface area contributed by atoms with Crippen molar-refractivity contribution in [2.75, 3.05) is 0 Å². The van der Waals surface area contributed by atoms with Gasteiger partial charge in [0.2, 0.25) is 0 Å². The van der Waals surface area contributed by atoms with Gasteiger partial charge in [-0.15, -0.1) is 11.3 Å². The minimum Gasteiger partial charge on any atom is -0.307 e. The third kappa shape index (κ3) is 3.57. The monoisotopic (exact) mass is 294 g/mol. The molecule has 0 atom stereocenters. The smallest absolute Gasteiger partial charge is 0.123 e. The van der Waals surface area contributed by atoms with Crippen LogP contribution in [0.2, 0.25) is 0 Å². The molecular weight excluding hydrogens is 276 g/mol. The third-order valence-electron chi connectivity index (χ3n) is 3.38. The van der Waals surface area contributed by atoms with Crippen molar-refractivity contribution in [1.29, 1.82) is 0 Å². The molecule has 0 spiro atoms. The van der Waals surface area contributed by atoms with Gasteiger partial charge in [0.05, 0.1) is 5.69 Å². The zero-order chi connectivity index (χ0) is 14.5. The van der Waals surface area contributed by atoms with E-state index in [1.807, 2.05) is 12.1 Å². The Morgan fingerprint density at radius 3 is 2.29 bits per heavy atom. The molecule has 0 aliphatic carbocycles. The van der Waals surface area contributed by atoms with E-state index in [-0.39, 0.29) is 0 Å². The van der Waals surface area contributed by atoms with E-state index in [0.717, 1.165) is 23.8 Å². The fourth-order valence-corrected chi connectivity index (χ4v) is 3.15. The maximum Gasteiger partial charge on any atom is 0.123 e. The predicted molar refractivity (Wildman–Crippen MR) is 89.3 cm³/mol. The van der Waals surface area contributed by atoms with Crippen LogP contribution in [0.15, 0.2) is 60.7 Å². The Kier molecular flexibility index (Phi) is 4.43. The number of aryl methyl sites for hydroxylation is 1. The van der Waals surface area contributed by atoms with E-state index in [0.29, 0.717) is 0 Å². The van der Waals surface area contributed by atoms with Crippen LogP contribution in [0.3, 0.4) is 0 Å². The molecule has 0 aliphatic rings. The van der Waals surface area contributed by atoms with Crippen LogP contribution in [0.1, 0.15) is 16.1 Å². The summed E-state index contributed by atoms with van der Waals surface area (Å²) in [4.78, 5) is 6.05. The standard InChI is InChI=1S/C18H18N2S/c1-14-17(13-19-12-15-8-4-2-5-9-15)20-18(21-14)16-10-6-3-7-11-16/h2-11,19H,12-13H2,1H3. The van der Waals surface area contributed by atoms with Gasteiger partial charge in [0.25, 0.3) is 0 Å². The van der Waals surface area contributed by atoms with Gasteiger partial charge in [-0.25, -0.2) is 4.98 Å². The van der Waals surface area contributed by atoms with E-state index in [9.17, 15) is 0 Å². The van der Waals surface area contributed by atoms with Crippen LogP contribution < -0.4 is 5.32 Å². The summed E-state index contributed by atoms with van der Waals surface area (Å²) >= 11 is 1.76. The minimum atomic E-state index is 0.810. The molecule has 2 aromatic carbocycles. The Bertz CT molecular complexity index is 690. The van der Waals surface area contributed by atoms with Gasteiger partial charge in [-0.1, -0.05) is 60.7 Å². The van der Waals surface area contributed by atoms with Crippen molar-refractivity contribution in [3.05, 3.63) is 76.8 Å². The molecule has 0 aliphatic heterocycles. The van der Waals surface area contributed by atoms with Crippen LogP contribution in [-0.4, -0.2) is 4.98 Å². The number of rotatable bonds is 5. The fraction of sp³-hybridized carbons (Fsp3) is 0.167. The van der Waals surface area contributed by atoms with Gasteiger partial charge in [-0.2, -0.15) is 0 Å². The van der Waals surface area contributed by atoms with Crippen molar-refractivity contribution >= 4 is 11.3 Å². The lowest BCUT2D eigenvalue weighted by atomic mass is 10.2. The number of aromatic nitrogens is 1. The Morgan fingerprint density at radius 2 is 1.57 bits per heavy atom. The van der Waals surface area contributed by atoms with Crippen molar-refractivity contribution in [2.45, 2.75) is 20.0 Å². The lowest BCUT2D eigenvalue weighted by Gasteiger charge is -2.03. The molecule has 1 N–H and O–H groups in total. The first-order valence-electron chi connectivity index (χ1n) is 7.09. The molecule has 1 heterocycles.